The van der Waals surface area contributed by atoms with E-state index in [1.54, 1.807) is 0 Å². The van der Waals surface area contributed by atoms with Gasteiger partial charge < -0.3 is 9.88 Å². The van der Waals surface area contributed by atoms with Crippen LogP contribution in [-0.2, 0) is 7.05 Å². The molecule has 2 aromatic rings. The first-order valence-electron chi connectivity index (χ1n) is 6.90. The van der Waals surface area contributed by atoms with Crippen LogP contribution in [0, 0.1) is 0 Å². The Balaban J connectivity index is 2.05. The van der Waals surface area contributed by atoms with Crippen LogP contribution in [0.25, 0.3) is 11.0 Å². The van der Waals surface area contributed by atoms with Crippen molar-refractivity contribution in [3.05, 3.63) is 24.3 Å². The average molecular weight is 245 g/mol. The summed E-state index contributed by atoms with van der Waals surface area (Å²) < 4.78 is 2.13. The molecule has 1 aromatic carbocycles. The van der Waals surface area contributed by atoms with E-state index in [0.717, 1.165) is 11.5 Å². The van der Waals surface area contributed by atoms with Crippen molar-refractivity contribution in [3.8, 4) is 0 Å². The smallest absolute Gasteiger partial charge is 0.203 e. The number of nitrogens with zero attached hydrogens (tertiary/aromatic N) is 2. The number of rotatable bonds is 6. The molecular formula is C15H23N3. The first-order chi connectivity index (χ1) is 8.72. The van der Waals surface area contributed by atoms with Crippen LogP contribution in [0.3, 0.4) is 0 Å². The molecule has 98 valence electrons. The second-order valence-electron chi connectivity index (χ2n) is 5.02. The van der Waals surface area contributed by atoms with E-state index in [9.17, 15) is 0 Å². The van der Waals surface area contributed by atoms with E-state index in [1.165, 1.54) is 31.2 Å². The molecule has 3 nitrogen and oxygen atoms in total. The number of fused-ring (bicyclic) bond motifs is 1. The zero-order chi connectivity index (χ0) is 13.0. The molecule has 1 atom stereocenters. The normalized spacial score (nSPS) is 12.8. The number of benzene rings is 1. The van der Waals surface area contributed by atoms with Gasteiger partial charge in [-0.15, -0.1) is 0 Å². The lowest BCUT2D eigenvalue weighted by Gasteiger charge is -2.14. The van der Waals surface area contributed by atoms with Crippen molar-refractivity contribution in [2.45, 2.75) is 45.6 Å². The average Bonchev–Trinajstić information content (AvgIpc) is 2.67. The van der Waals surface area contributed by atoms with Gasteiger partial charge in [0, 0.05) is 13.1 Å². The molecule has 0 fully saturated rings. The number of hydrogen-bond donors (Lipinski definition) is 1. The van der Waals surface area contributed by atoms with Crippen molar-refractivity contribution >= 4 is 17.0 Å². The Kier molecular flexibility index (Phi) is 4.24. The predicted octanol–water partition coefficient (Wildman–Crippen LogP) is 3.95. The fraction of sp³-hybridized carbons (Fsp3) is 0.533. The SMILES string of the molecule is CCCCCC(C)Nc1nc2ccccc2n1C. The van der Waals surface area contributed by atoms with Gasteiger partial charge in [0.1, 0.15) is 0 Å². The lowest BCUT2D eigenvalue weighted by atomic mass is 10.1. The van der Waals surface area contributed by atoms with Crippen LogP contribution < -0.4 is 5.32 Å². The molecular weight excluding hydrogens is 222 g/mol. The van der Waals surface area contributed by atoms with E-state index < -0.39 is 0 Å². The van der Waals surface area contributed by atoms with Crippen molar-refractivity contribution in [2.24, 2.45) is 7.05 Å². The van der Waals surface area contributed by atoms with Gasteiger partial charge in [0.25, 0.3) is 0 Å². The van der Waals surface area contributed by atoms with Crippen LogP contribution in [0.5, 0.6) is 0 Å². The minimum Gasteiger partial charge on any atom is -0.353 e. The Morgan fingerprint density at radius 3 is 2.78 bits per heavy atom. The van der Waals surface area contributed by atoms with Crippen molar-refractivity contribution < 1.29 is 0 Å². The Morgan fingerprint density at radius 2 is 2.06 bits per heavy atom. The van der Waals surface area contributed by atoms with Crippen LogP contribution in [0.4, 0.5) is 5.95 Å². The van der Waals surface area contributed by atoms with Gasteiger partial charge in [0.15, 0.2) is 0 Å². The quantitative estimate of drug-likeness (QED) is 0.781. The van der Waals surface area contributed by atoms with Gasteiger partial charge in [-0.25, -0.2) is 4.98 Å². The number of aryl methyl sites for hydroxylation is 1. The molecule has 1 aromatic heterocycles. The Bertz CT molecular complexity index is 501. The van der Waals surface area contributed by atoms with E-state index in [4.69, 9.17) is 0 Å². The zero-order valence-corrected chi connectivity index (χ0v) is 11.6. The largest absolute Gasteiger partial charge is 0.353 e. The lowest BCUT2D eigenvalue weighted by molar-refractivity contribution is 0.610. The van der Waals surface area contributed by atoms with Crippen molar-refractivity contribution in [3.63, 3.8) is 0 Å². The van der Waals surface area contributed by atoms with Crippen LogP contribution in [0.15, 0.2) is 24.3 Å². The van der Waals surface area contributed by atoms with Gasteiger partial charge in [0.2, 0.25) is 5.95 Å². The summed E-state index contributed by atoms with van der Waals surface area (Å²) in [5.74, 6) is 0.972. The lowest BCUT2D eigenvalue weighted by Crippen LogP contribution is -2.17. The molecule has 1 unspecified atom stereocenters. The Morgan fingerprint density at radius 1 is 1.28 bits per heavy atom. The molecule has 18 heavy (non-hydrogen) atoms. The number of hydrogen-bond acceptors (Lipinski definition) is 2. The number of para-hydroxylation sites is 2. The summed E-state index contributed by atoms with van der Waals surface area (Å²) in [4.78, 5) is 4.63. The summed E-state index contributed by atoms with van der Waals surface area (Å²) in [7, 11) is 2.07. The molecule has 0 amide bonds. The third-order valence-corrected chi connectivity index (χ3v) is 3.40. The van der Waals surface area contributed by atoms with E-state index in [2.05, 4.69) is 54.0 Å². The molecule has 0 aliphatic heterocycles. The van der Waals surface area contributed by atoms with Crippen molar-refractivity contribution in [1.29, 1.82) is 0 Å². The molecule has 0 aliphatic carbocycles. The molecule has 0 bridgehead atoms. The van der Waals surface area contributed by atoms with E-state index in [-0.39, 0.29) is 0 Å². The van der Waals surface area contributed by atoms with Gasteiger partial charge >= 0.3 is 0 Å². The highest BCUT2D eigenvalue weighted by Gasteiger charge is 2.09. The van der Waals surface area contributed by atoms with Gasteiger partial charge in [0.05, 0.1) is 11.0 Å². The molecule has 2 rings (SSSR count). The minimum absolute atomic E-state index is 0.479. The number of nitrogens with one attached hydrogen (secondary N) is 1. The Labute approximate surface area is 109 Å². The highest BCUT2D eigenvalue weighted by Crippen LogP contribution is 2.18. The topological polar surface area (TPSA) is 29.9 Å². The van der Waals surface area contributed by atoms with Crippen LogP contribution in [0.2, 0.25) is 0 Å². The van der Waals surface area contributed by atoms with Crippen LogP contribution >= 0.6 is 0 Å². The molecule has 1 N–H and O–H groups in total. The first kappa shape index (κ1) is 12.9. The summed E-state index contributed by atoms with van der Waals surface area (Å²) in [6.07, 6.45) is 5.08. The first-order valence-corrected chi connectivity index (χ1v) is 6.90. The third kappa shape index (κ3) is 2.84. The maximum absolute atomic E-state index is 4.63. The monoisotopic (exact) mass is 245 g/mol. The maximum atomic E-state index is 4.63. The minimum atomic E-state index is 0.479. The summed E-state index contributed by atoms with van der Waals surface area (Å²) in [5, 5.41) is 3.51. The number of unbranched alkanes of at least 4 members (excludes halogenated alkanes) is 2. The van der Waals surface area contributed by atoms with Gasteiger partial charge in [-0.2, -0.15) is 0 Å². The number of aromatic nitrogens is 2. The van der Waals surface area contributed by atoms with Gasteiger partial charge in [-0.05, 0) is 25.5 Å². The second kappa shape index (κ2) is 5.89. The summed E-state index contributed by atoms with van der Waals surface area (Å²) in [5.41, 5.74) is 2.24. The van der Waals surface area contributed by atoms with Crippen molar-refractivity contribution in [2.75, 3.05) is 5.32 Å². The third-order valence-electron chi connectivity index (χ3n) is 3.40. The number of imidazole rings is 1. The fourth-order valence-electron chi connectivity index (χ4n) is 2.27. The van der Waals surface area contributed by atoms with Crippen LogP contribution in [0.1, 0.15) is 39.5 Å². The highest BCUT2D eigenvalue weighted by molar-refractivity contribution is 5.78. The van der Waals surface area contributed by atoms with E-state index in [0.29, 0.717) is 6.04 Å². The van der Waals surface area contributed by atoms with Gasteiger partial charge in [-0.3, -0.25) is 0 Å². The fourth-order valence-corrected chi connectivity index (χ4v) is 2.27. The van der Waals surface area contributed by atoms with Gasteiger partial charge in [-0.1, -0.05) is 38.3 Å². The molecule has 0 saturated heterocycles. The predicted molar refractivity (Wildman–Crippen MR) is 77.9 cm³/mol. The molecule has 0 spiro atoms. The molecule has 0 saturated carbocycles. The standard InChI is InChI=1S/C15H23N3/c1-4-5-6-9-12(2)16-15-17-13-10-7-8-11-14(13)18(15)3/h7-8,10-12H,4-6,9H2,1-3H3,(H,16,17). The molecule has 1 heterocycles. The van der Waals surface area contributed by atoms with E-state index >= 15 is 0 Å². The van der Waals surface area contributed by atoms with E-state index in [1.807, 2.05) is 6.07 Å². The summed E-state index contributed by atoms with van der Waals surface area (Å²) >= 11 is 0. The number of anilines is 1. The summed E-state index contributed by atoms with van der Waals surface area (Å²) in [6.45, 7) is 4.47. The second-order valence-corrected chi connectivity index (χ2v) is 5.02. The Hall–Kier alpha value is -1.51. The van der Waals surface area contributed by atoms with Crippen LogP contribution in [-0.4, -0.2) is 15.6 Å². The molecule has 0 radical (unpaired) electrons. The maximum Gasteiger partial charge on any atom is 0.203 e. The zero-order valence-electron chi connectivity index (χ0n) is 11.6. The van der Waals surface area contributed by atoms with Crippen molar-refractivity contribution in [1.82, 2.24) is 9.55 Å². The molecule has 3 heteroatoms. The summed E-state index contributed by atoms with van der Waals surface area (Å²) in [6, 6.07) is 8.73. The highest BCUT2D eigenvalue weighted by atomic mass is 15.2. The molecule has 0 aliphatic rings.